The van der Waals surface area contributed by atoms with Gasteiger partial charge in [0.1, 0.15) is 11.8 Å². The van der Waals surface area contributed by atoms with Crippen LogP contribution in [0.5, 0.6) is 5.75 Å². The van der Waals surface area contributed by atoms with Gasteiger partial charge in [0.2, 0.25) is 5.91 Å². The van der Waals surface area contributed by atoms with Crippen molar-refractivity contribution in [2.45, 2.75) is 19.9 Å². The Morgan fingerprint density at radius 2 is 2.00 bits per heavy atom. The molecule has 0 aliphatic carbocycles. The first-order valence-corrected chi connectivity index (χ1v) is 7.55. The van der Waals surface area contributed by atoms with Gasteiger partial charge in [-0.15, -0.1) is 0 Å². The molecule has 2 aromatic carbocycles. The fourth-order valence-electron chi connectivity index (χ4n) is 2.12. The Labute approximate surface area is 139 Å². The number of non-ortho nitro benzene ring substituents is 1. The molecule has 0 aliphatic rings. The number of amides is 1. The van der Waals surface area contributed by atoms with Crippen molar-refractivity contribution in [2.24, 2.45) is 0 Å². The van der Waals surface area contributed by atoms with Crippen molar-refractivity contribution in [3.8, 4) is 5.75 Å². The smallest absolute Gasteiger partial charge is 0.271 e. The van der Waals surface area contributed by atoms with E-state index in [0.717, 1.165) is 0 Å². The van der Waals surface area contributed by atoms with Gasteiger partial charge in [-0.2, -0.15) is 0 Å². The number of carbonyl (C=O) groups is 1. The van der Waals surface area contributed by atoms with E-state index in [1.807, 2.05) is 13.0 Å². The lowest BCUT2D eigenvalue weighted by Crippen LogP contribution is -2.32. The molecule has 0 aliphatic heterocycles. The summed E-state index contributed by atoms with van der Waals surface area (Å²) in [5.41, 5.74) is 1.05. The quantitative estimate of drug-likeness (QED) is 0.599. The zero-order valence-electron chi connectivity index (χ0n) is 13.5. The van der Waals surface area contributed by atoms with Gasteiger partial charge in [0, 0.05) is 17.8 Å². The standard InChI is InChI=1S/C17H19N3O4/c1-3-24-16-10-5-4-9-15(16)19-17(21)12(2)18-13-7-6-8-14(11-13)20(22)23/h4-12,18H,3H2,1-2H3,(H,19,21)/t12-/m0/s1. The van der Waals surface area contributed by atoms with Crippen LogP contribution in [0.25, 0.3) is 0 Å². The van der Waals surface area contributed by atoms with Crippen LogP contribution in [0, 0.1) is 10.1 Å². The molecule has 24 heavy (non-hydrogen) atoms. The van der Waals surface area contributed by atoms with E-state index in [4.69, 9.17) is 4.74 Å². The van der Waals surface area contributed by atoms with Crippen molar-refractivity contribution in [3.05, 3.63) is 58.6 Å². The summed E-state index contributed by atoms with van der Waals surface area (Å²) in [4.78, 5) is 22.6. The number of hydrogen-bond acceptors (Lipinski definition) is 5. The fourth-order valence-corrected chi connectivity index (χ4v) is 2.12. The second kappa shape index (κ2) is 7.96. The molecule has 0 heterocycles. The van der Waals surface area contributed by atoms with Crippen LogP contribution in [0.2, 0.25) is 0 Å². The number of hydrogen-bond donors (Lipinski definition) is 2. The van der Waals surface area contributed by atoms with Crippen LogP contribution in [0.15, 0.2) is 48.5 Å². The Balaban J connectivity index is 2.05. The summed E-state index contributed by atoms with van der Waals surface area (Å²) >= 11 is 0. The fraction of sp³-hybridized carbons (Fsp3) is 0.235. The number of carbonyl (C=O) groups excluding carboxylic acids is 1. The Kier molecular flexibility index (Phi) is 5.73. The Morgan fingerprint density at radius 1 is 1.25 bits per heavy atom. The number of nitro groups is 1. The van der Waals surface area contributed by atoms with Crippen LogP contribution < -0.4 is 15.4 Å². The zero-order valence-corrected chi connectivity index (χ0v) is 13.5. The number of nitrogens with one attached hydrogen (secondary N) is 2. The Morgan fingerprint density at radius 3 is 2.71 bits per heavy atom. The van der Waals surface area contributed by atoms with Gasteiger partial charge in [-0.1, -0.05) is 18.2 Å². The van der Waals surface area contributed by atoms with Crippen molar-refractivity contribution >= 4 is 23.0 Å². The van der Waals surface area contributed by atoms with Crippen molar-refractivity contribution < 1.29 is 14.5 Å². The molecule has 2 rings (SSSR count). The van der Waals surface area contributed by atoms with Crippen LogP contribution in [-0.4, -0.2) is 23.5 Å². The van der Waals surface area contributed by atoms with E-state index in [9.17, 15) is 14.9 Å². The first kappa shape index (κ1) is 17.3. The summed E-state index contributed by atoms with van der Waals surface area (Å²) in [6.45, 7) is 4.04. The third-order valence-electron chi connectivity index (χ3n) is 3.28. The maximum absolute atomic E-state index is 12.3. The third-order valence-corrected chi connectivity index (χ3v) is 3.28. The molecule has 1 atom stereocenters. The van der Waals surface area contributed by atoms with Crippen molar-refractivity contribution in [3.63, 3.8) is 0 Å². The monoisotopic (exact) mass is 329 g/mol. The van der Waals surface area contributed by atoms with E-state index in [2.05, 4.69) is 10.6 Å². The number of nitrogens with zero attached hydrogens (tertiary/aromatic N) is 1. The van der Waals surface area contributed by atoms with E-state index in [1.165, 1.54) is 12.1 Å². The molecule has 0 aromatic heterocycles. The first-order valence-electron chi connectivity index (χ1n) is 7.55. The van der Waals surface area contributed by atoms with Crippen LogP contribution in [0.4, 0.5) is 17.1 Å². The van der Waals surface area contributed by atoms with Gasteiger partial charge in [0.05, 0.1) is 17.2 Å². The highest BCUT2D eigenvalue weighted by molar-refractivity contribution is 5.97. The highest BCUT2D eigenvalue weighted by atomic mass is 16.6. The van der Waals surface area contributed by atoms with Gasteiger partial charge in [-0.3, -0.25) is 14.9 Å². The van der Waals surface area contributed by atoms with Gasteiger partial charge >= 0.3 is 0 Å². The maximum atomic E-state index is 12.3. The van der Waals surface area contributed by atoms with Crippen molar-refractivity contribution in [1.29, 1.82) is 0 Å². The second-order valence-electron chi connectivity index (χ2n) is 5.09. The molecule has 0 spiro atoms. The van der Waals surface area contributed by atoms with Gasteiger partial charge in [0.15, 0.2) is 0 Å². The summed E-state index contributed by atoms with van der Waals surface area (Å²) in [5.74, 6) is 0.324. The molecule has 2 aromatic rings. The third kappa shape index (κ3) is 4.45. The zero-order chi connectivity index (χ0) is 17.5. The van der Waals surface area contributed by atoms with Gasteiger partial charge < -0.3 is 15.4 Å². The lowest BCUT2D eigenvalue weighted by Gasteiger charge is -2.17. The highest BCUT2D eigenvalue weighted by Crippen LogP contribution is 2.24. The summed E-state index contributed by atoms with van der Waals surface area (Å²) in [7, 11) is 0. The average Bonchev–Trinajstić information content (AvgIpc) is 2.57. The van der Waals surface area contributed by atoms with Crippen molar-refractivity contribution in [1.82, 2.24) is 0 Å². The van der Waals surface area contributed by atoms with E-state index in [-0.39, 0.29) is 11.6 Å². The van der Waals surface area contributed by atoms with Crippen LogP contribution in [-0.2, 0) is 4.79 Å². The van der Waals surface area contributed by atoms with E-state index in [0.29, 0.717) is 23.7 Å². The van der Waals surface area contributed by atoms with Crippen LogP contribution in [0.1, 0.15) is 13.8 Å². The molecule has 0 saturated heterocycles. The maximum Gasteiger partial charge on any atom is 0.271 e. The SMILES string of the molecule is CCOc1ccccc1NC(=O)[C@H](C)Nc1cccc([N+](=O)[O-])c1. The summed E-state index contributed by atoms with van der Waals surface area (Å²) < 4.78 is 5.47. The molecule has 0 fully saturated rings. The van der Waals surface area contributed by atoms with Crippen molar-refractivity contribution in [2.75, 3.05) is 17.2 Å². The summed E-state index contributed by atoms with van der Waals surface area (Å²) in [6, 6.07) is 12.6. The highest BCUT2D eigenvalue weighted by Gasteiger charge is 2.16. The lowest BCUT2D eigenvalue weighted by molar-refractivity contribution is -0.384. The molecule has 2 N–H and O–H groups in total. The molecule has 0 saturated carbocycles. The largest absolute Gasteiger partial charge is 0.492 e. The minimum atomic E-state index is -0.582. The Hall–Kier alpha value is -3.09. The molecular weight excluding hydrogens is 310 g/mol. The molecule has 0 bridgehead atoms. The summed E-state index contributed by atoms with van der Waals surface area (Å²) in [5, 5.41) is 16.5. The molecule has 0 radical (unpaired) electrons. The molecule has 7 heteroatoms. The number of ether oxygens (including phenoxy) is 1. The van der Waals surface area contributed by atoms with Gasteiger partial charge in [-0.05, 0) is 32.0 Å². The normalized spacial score (nSPS) is 11.4. The number of rotatable bonds is 7. The summed E-state index contributed by atoms with van der Waals surface area (Å²) in [6.07, 6.45) is 0. The molecule has 7 nitrogen and oxygen atoms in total. The minimum Gasteiger partial charge on any atom is -0.492 e. The first-order chi connectivity index (χ1) is 11.5. The molecule has 1 amide bonds. The minimum absolute atomic E-state index is 0.0331. The second-order valence-corrected chi connectivity index (χ2v) is 5.09. The topological polar surface area (TPSA) is 93.5 Å². The predicted molar refractivity (Wildman–Crippen MR) is 92.4 cm³/mol. The van der Waals surface area contributed by atoms with Crippen LogP contribution >= 0.6 is 0 Å². The molecule has 126 valence electrons. The van der Waals surface area contributed by atoms with E-state index < -0.39 is 11.0 Å². The lowest BCUT2D eigenvalue weighted by atomic mass is 10.2. The van der Waals surface area contributed by atoms with E-state index >= 15 is 0 Å². The molecular formula is C17H19N3O4. The van der Waals surface area contributed by atoms with Crippen LogP contribution in [0.3, 0.4) is 0 Å². The number of nitro benzene ring substituents is 1. The number of benzene rings is 2. The predicted octanol–water partition coefficient (Wildman–Crippen LogP) is 3.43. The Bertz CT molecular complexity index is 733. The van der Waals surface area contributed by atoms with E-state index in [1.54, 1.807) is 37.3 Å². The van der Waals surface area contributed by atoms with Gasteiger partial charge in [0.25, 0.3) is 5.69 Å². The number of anilines is 2. The van der Waals surface area contributed by atoms with Gasteiger partial charge in [-0.25, -0.2) is 0 Å². The average molecular weight is 329 g/mol. The molecule has 0 unspecified atom stereocenters. The number of para-hydroxylation sites is 2.